The van der Waals surface area contributed by atoms with Crippen LogP contribution in [0.3, 0.4) is 0 Å². The SMILES string of the molecule is O=C(CCN1CCCCC1)N1CCN(C(=O)C(c2ccccc2)N2CCCCC2)CC1. The van der Waals surface area contributed by atoms with Crippen molar-refractivity contribution in [3.63, 3.8) is 0 Å². The minimum Gasteiger partial charge on any atom is -0.339 e. The van der Waals surface area contributed by atoms with E-state index in [4.69, 9.17) is 0 Å². The maximum absolute atomic E-state index is 13.6. The molecule has 0 saturated carbocycles. The van der Waals surface area contributed by atoms with Gasteiger partial charge in [0, 0.05) is 39.1 Å². The van der Waals surface area contributed by atoms with Gasteiger partial charge in [-0.05, 0) is 57.4 Å². The fraction of sp³-hybridized carbons (Fsp3) is 0.680. The number of benzene rings is 1. The van der Waals surface area contributed by atoms with Crippen LogP contribution >= 0.6 is 0 Å². The average Bonchev–Trinajstić information content (AvgIpc) is 2.85. The number of piperidine rings is 2. The van der Waals surface area contributed by atoms with Crippen LogP contribution in [0.5, 0.6) is 0 Å². The first kappa shape index (κ1) is 22.3. The van der Waals surface area contributed by atoms with Gasteiger partial charge in [-0.1, -0.05) is 43.2 Å². The van der Waals surface area contributed by atoms with Gasteiger partial charge in [0.25, 0.3) is 0 Å². The summed E-state index contributed by atoms with van der Waals surface area (Å²) in [7, 11) is 0. The third kappa shape index (κ3) is 5.86. The second-order valence-corrected chi connectivity index (χ2v) is 9.27. The van der Waals surface area contributed by atoms with Gasteiger partial charge in [0.15, 0.2) is 0 Å². The van der Waals surface area contributed by atoms with E-state index < -0.39 is 0 Å². The predicted octanol–water partition coefficient (Wildman–Crippen LogP) is 2.76. The molecular weight excluding hydrogens is 388 g/mol. The summed E-state index contributed by atoms with van der Waals surface area (Å²) in [5, 5.41) is 0. The summed E-state index contributed by atoms with van der Waals surface area (Å²) in [5.74, 6) is 0.446. The van der Waals surface area contributed by atoms with Crippen LogP contribution in [0.15, 0.2) is 30.3 Å². The molecule has 31 heavy (non-hydrogen) atoms. The number of nitrogens with zero attached hydrogens (tertiary/aromatic N) is 4. The van der Waals surface area contributed by atoms with Crippen LogP contribution in [0.1, 0.15) is 56.6 Å². The zero-order valence-corrected chi connectivity index (χ0v) is 18.9. The molecule has 0 aromatic heterocycles. The quantitative estimate of drug-likeness (QED) is 0.702. The van der Waals surface area contributed by atoms with Gasteiger partial charge in [0.05, 0.1) is 0 Å². The number of amides is 2. The van der Waals surface area contributed by atoms with Crippen molar-refractivity contribution in [2.24, 2.45) is 0 Å². The molecule has 0 aliphatic carbocycles. The molecular formula is C25H38N4O2. The molecule has 0 radical (unpaired) electrons. The van der Waals surface area contributed by atoms with E-state index in [1.54, 1.807) is 0 Å². The highest BCUT2D eigenvalue weighted by atomic mass is 16.2. The Morgan fingerprint density at radius 3 is 1.94 bits per heavy atom. The Morgan fingerprint density at radius 2 is 1.29 bits per heavy atom. The van der Waals surface area contributed by atoms with E-state index in [9.17, 15) is 9.59 Å². The molecule has 3 aliphatic rings. The van der Waals surface area contributed by atoms with Crippen molar-refractivity contribution >= 4 is 11.8 Å². The van der Waals surface area contributed by atoms with Gasteiger partial charge in [-0.15, -0.1) is 0 Å². The van der Waals surface area contributed by atoms with Gasteiger partial charge in [0.2, 0.25) is 11.8 Å². The van der Waals surface area contributed by atoms with Crippen molar-refractivity contribution in [1.29, 1.82) is 0 Å². The molecule has 6 nitrogen and oxygen atoms in total. The Morgan fingerprint density at radius 1 is 0.710 bits per heavy atom. The van der Waals surface area contributed by atoms with Crippen molar-refractivity contribution in [2.75, 3.05) is 58.9 Å². The summed E-state index contributed by atoms with van der Waals surface area (Å²) < 4.78 is 0. The molecule has 3 aliphatic heterocycles. The normalized spacial score (nSPS) is 22.3. The van der Waals surface area contributed by atoms with Gasteiger partial charge in [0.1, 0.15) is 6.04 Å². The molecule has 0 spiro atoms. The van der Waals surface area contributed by atoms with Crippen LogP contribution in [-0.4, -0.2) is 90.3 Å². The first-order chi connectivity index (χ1) is 15.2. The van der Waals surface area contributed by atoms with Crippen LogP contribution in [0.25, 0.3) is 0 Å². The Balaban J connectivity index is 1.32. The molecule has 0 bridgehead atoms. The third-order valence-electron chi connectivity index (χ3n) is 7.14. The second kappa shape index (κ2) is 11.1. The van der Waals surface area contributed by atoms with Gasteiger partial charge < -0.3 is 14.7 Å². The lowest BCUT2D eigenvalue weighted by Crippen LogP contribution is -2.54. The Kier molecular flexibility index (Phi) is 7.97. The van der Waals surface area contributed by atoms with E-state index in [2.05, 4.69) is 21.9 Å². The van der Waals surface area contributed by atoms with Crippen LogP contribution in [0.4, 0.5) is 0 Å². The smallest absolute Gasteiger partial charge is 0.244 e. The minimum absolute atomic E-state index is 0.192. The zero-order chi connectivity index (χ0) is 21.5. The number of rotatable bonds is 6. The molecule has 1 unspecified atom stereocenters. The van der Waals surface area contributed by atoms with Crippen molar-refractivity contribution in [2.45, 2.75) is 51.0 Å². The summed E-state index contributed by atoms with van der Waals surface area (Å²) in [6.45, 7) is 7.72. The molecule has 3 heterocycles. The summed E-state index contributed by atoms with van der Waals surface area (Å²) in [5.41, 5.74) is 1.09. The van der Waals surface area contributed by atoms with E-state index in [0.717, 1.165) is 51.1 Å². The van der Waals surface area contributed by atoms with Crippen molar-refractivity contribution in [3.8, 4) is 0 Å². The fourth-order valence-electron chi connectivity index (χ4n) is 5.27. The van der Waals surface area contributed by atoms with E-state index >= 15 is 0 Å². The second-order valence-electron chi connectivity index (χ2n) is 9.27. The predicted molar refractivity (Wildman–Crippen MR) is 123 cm³/mol. The lowest BCUT2D eigenvalue weighted by atomic mass is 10.00. The largest absolute Gasteiger partial charge is 0.339 e. The zero-order valence-electron chi connectivity index (χ0n) is 18.9. The topological polar surface area (TPSA) is 47.1 Å². The minimum atomic E-state index is -0.192. The highest BCUT2D eigenvalue weighted by Gasteiger charge is 2.34. The van der Waals surface area contributed by atoms with E-state index in [-0.39, 0.29) is 17.9 Å². The van der Waals surface area contributed by atoms with Gasteiger partial charge in [-0.25, -0.2) is 0 Å². The number of carbonyl (C=O) groups excluding carboxylic acids is 2. The van der Waals surface area contributed by atoms with Crippen LogP contribution in [0, 0.1) is 0 Å². The Bertz CT molecular complexity index is 705. The van der Waals surface area contributed by atoms with Gasteiger partial charge in [-0.3, -0.25) is 14.5 Å². The standard InChI is InChI=1S/C25H38N4O2/c30-23(12-17-26-13-6-2-7-14-26)27-18-20-29(21-19-27)25(31)24(22-10-4-1-5-11-22)28-15-8-3-9-16-28/h1,4-5,10-11,24H,2-3,6-9,12-21H2. The molecule has 3 saturated heterocycles. The van der Waals surface area contributed by atoms with Crippen molar-refractivity contribution in [1.82, 2.24) is 19.6 Å². The Labute approximate surface area is 187 Å². The van der Waals surface area contributed by atoms with E-state index in [0.29, 0.717) is 32.6 Å². The van der Waals surface area contributed by atoms with Crippen molar-refractivity contribution < 1.29 is 9.59 Å². The van der Waals surface area contributed by atoms with Crippen LogP contribution in [-0.2, 0) is 9.59 Å². The van der Waals surface area contributed by atoms with E-state index in [1.165, 1.54) is 25.7 Å². The van der Waals surface area contributed by atoms with Crippen LogP contribution in [0.2, 0.25) is 0 Å². The maximum Gasteiger partial charge on any atom is 0.244 e. The lowest BCUT2D eigenvalue weighted by molar-refractivity contribution is -0.143. The average molecular weight is 427 g/mol. The lowest BCUT2D eigenvalue weighted by Gasteiger charge is -2.40. The Hall–Kier alpha value is -1.92. The number of hydrogen-bond acceptors (Lipinski definition) is 4. The summed E-state index contributed by atoms with van der Waals surface area (Å²) >= 11 is 0. The molecule has 3 fully saturated rings. The van der Waals surface area contributed by atoms with E-state index in [1.807, 2.05) is 28.0 Å². The van der Waals surface area contributed by atoms with Gasteiger partial charge in [-0.2, -0.15) is 0 Å². The number of carbonyl (C=O) groups is 2. The number of hydrogen-bond donors (Lipinski definition) is 0. The maximum atomic E-state index is 13.6. The number of likely N-dealkylation sites (tertiary alicyclic amines) is 2. The first-order valence-corrected chi connectivity index (χ1v) is 12.3. The molecule has 1 aromatic carbocycles. The molecule has 2 amide bonds. The highest BCUT2D eigenvalue weighted by molar-refractivity contribution is 5.84. The van der Waals surface area contributed by atoms with Crippen LogP contribution < -0.4 is 0 Å². The summed E-state index contributed by atoms with van der Waals surface area (Å²) in [4.78, 5) is 35.0. The molecule has 1 atom stereocenters. The third-order valence-corrected chi connectivity index (χ3v) is 7.14. The molecule has 4 rings (SSSR count). The monoisotopic (exact) mass is 426 g/mol. The first-order valence-electron chi connectivity index (χ1n) is 12.3. The molecule has 1 aromatic rings. The van der Waals surface area contributed by atoms with Crippen molar-refractivity contribution in [3.05, 3.63) is 35.9 Å². The highest BCUT2D eigenvalue weighted by Crippen LogP contribution is 2.27. The molecule has 6 heteroatoms. The molecule has 0 N–H and O–H groups in total. The van der Waals surface area contributed by atoms with Gasteiger partial charge >= 0.3 is 0 Å². The number of piperazine rings is 1. The summed E-state index contributed by atoms with van der Waals surface area (Å²) in [6, 6.07) is 10.0. The fourth-order valence-corrected chi connectivity index (χ4v) is 5.27. The summed E-state index contributed by atoms with van der Waals surface area (Å²) in [6.07, 6.45) is 8.02. The molecule has 170 valence electrons.